The number of carbonyl (C=O) groups is 1. The number of halogens is 1. The first-order valence-corrected chi connectivity index (χ1v) is 8.75. The zero-order chi connectivity index (χ0) is 17.4. The second kappa shape index (κ2) is 9.33. The third-order valence-corrected chi connectivity index (χ3v) is 4.16. The lowest BCUT2D eigenvalue weighted by atomic mass is 10.2. The summed E-state index contributed by atoms with van der Waals surface area (Å²) in [7, 11) is 0. The molecule has 2 rings (SSSR count). The molecule has 4 nitrogen and oxygen atoms in total. The molecule has 0 bridgehead atoms. The van der Waals surface area contributed by atoms with Crippen LogP contribution in [-0.4, -0.2) is 25.7 Å². The Kier molecular flexibility index (Phi) is 7.12. The molecule has 0 aliphatic rings. The van der Waals surface area contributed by atoms with Crippen molar-refractivity contribution in [3.8, 4) is 11.5 Å². The van der Waals surface area contributed by atoms with Crippen molar-refractivity contribution in [2.75, 3.05) is 19.8 Å². The Morgan fingerprint density at radius 3 is 2.62 bits per heavy atom. The fourth-order valence-electron chi connectivity index (χ4n) is 2.15. The van der Waals surface area contributed by atoms with E-state index >= 15 is 0 Å². The predicted molar refractivity (Wildman–Crippen MR) is 98.7 cm³/mol. The normalized spacial score (nSPS) is 10.3. The van der Waals surface area contributed by atoms with E-state index in [1.165, 1.54) is 5.56 Å². The van der Waals surface area contributed by atoms with E-state index in [1.54, 1.807) is 0 Å². The number of amides is 1. The standard InChI is InChI=1S/C19H22BrNO3/c1-3-15-8-9-18(16(20)12-15)24-13-19(22)21-10-11-23-17-7-5-4-6-14(17)2/h4-9,12H,3,10-11,13H2,1-2H3,(H,21,22). The first kappa shape index (κ1) is 18.3. The monoisotopic (exact) mass is 391 g/mol. The fraction of sp³-hybridized carbons (Fsp3) is 0.316. The molecule has 0 saturated carbocycles. The summed E-state index contributed by atoms with van der Waals surface area (Å²) in [6, 6.07) is 13.7. The van der Waals surface area contributed by atoms with Crippen LogP contribution < -0.4 is 14.8 Å². The summed E-state index contributed by atoms with van der Waals surface area (Å²) < 4.78 is 12.0. The van der Waals surface area contributed by atoms with E-state index in [9.17, 15) is 4.79 Å². The van der Waals surface area contributed by atoms with Gasteiger partial charge in [-0.3, -0.25) is 4.79 Å². The van der Waals surface area contributed by atoms with Gasteiger partial charge in [0.1, 0.15) is 18.1 Å². The van der Waals surface area contributed by atoms with Gasteiger partial charge in [0.15, 0.2) is 6.61 Å². The highest BCUT2D eigenvalue weighted by atomic mass is 79.9. The average molecular weight is 392 g/mol. The maximum atomic E-state index is 11.8. The highest BCUT2D eigenvalue weighted by Gasteiger charge is 2.06. The number of nitrogens with one attached hydrogen (secondary N) is 1. The van der Waals surface area contributed by atoms with Crippen molar-refractivity contribution < 1.29 is 14.3 Å². The van der Waals surface area contributed by atoms with Crippen molar-refractivity contribution in [1.82, 2.24) is 5.32 Å². The zero-order valence-electron chi connectivity index (χ0n) is 14.0. The van der Waals surface area contributed by atoms with Gasteiger partial charge in [-0.25, -0.2) is 0 Å². The van der Waals surface area contributed by atoms with E-state index in [0.717, 1.165) is 22.2 Å². The molecule has 1 N–H and O–H groups in total. The van der Waals surface area contributed by atoms with Crippen LogP contribution in [0.5, 0.6) is 11.5 Å². The van der Waals surface area contributed by atoms with Crippen molar-refractivity contribution in [2.24, 2.45) is 0 Å². The summed E-state index contributed by atoms with van der Waals surface area (Å²) in [6.45, 7) is 4.92. The van der Waals surface area contributed by atoms with Crippen molar-refractivity contribution in [1.29, 1.82) is 0 Å². The number of hydrogen-bond acceptors (Lipinski definition) is 3. The van der Waals surface area contributed by atoms with Gasteiger partial charge in [-0.1, -0.05) is 31.2 Å². The van der Waals surface area contributed by atoms with Gasteiger partial charge >= 0.3 is 0 Å². The molecule has 1 amide bonds. The second-order valence-electron chi connectivity index (χ2n) is 5.37. The van der Waals surface area contributed by atoms with Gasteiger partial charge < -0.3 is 14.8 Å². The van der Waals surface area contributed by atoms with Crippen LogP contribution in [0.1, 0.15) is 18.1 Å². The summed E-state index contributed by atoms with van der Waals surface area (Å²) in [6.07, 6.45) is 0.959. The molecule has 24 heavy (non-hydrogen) atoms. The number of carbonyl (C=O) groups excluding carboxylic acids is 1. The van der Waals surface area contributed by atoms with Crippen LogP contribution in [0.25, 0.3) is 0 Å². The molecule has 0 atom stereocenters. The third-order valence-electron chi connectivity index (χ3n) is 3.54. The van der Waals surface area contributed by atoms with Crippen molar-refractivity contribution in [2.45, 2.75) is 20.3 Å². The Morgan fingerprint density at radius 2 is 1.92 bits per heavy atom. The molecule has 0 aliphatic carbocycles. The Hall–Kier alpha value is -2.01. The van der Waals surface area contributed by atoms with Gasteiger partial charge in [0.25, 0.3) is 5.91 Å². The largest absolute Gasteiger partial charge is 0.491 e. The summed E-state index contributed by atoms with van der Waals surface area (Å²) in [5, 5.41) is 2.78. The van der Waals surface area contributed by atoms with Crippen LogP contribution in [0.2, 0.25) is 0 Å². The minimum Gasteiger partial charge on any atom is -0.491 e. The average Bonchev–Trinajstić information content (AvgIpc) is 2.59. The number of rotatable bonds is 8. The molecule has 0 aromatic heterocycles. The molecule has 0 aliphatic heterocycles. The molecule has 0 spiro atoms. The van der Waals surface area contributed by atoms with Crippen LogP contribution in [-0.2, 0) is 11.2 Å². The van der Waals surface area contributed by atoms with E-state index in [0.29, 0.717) is 18.9 Å². The number of ether oxygens (including phenoxy) is 2. The SMILES string of the molecule is CCc1ccc(OCC(=O)NCCOc2ccccc2C)c(Br)c1. The maximum Gasteiger partial charge on any atom is 0.258 e. The summed E-state index contributed by atoms with van der Waals surface area (Å²) >= 11 is 3.46. The molecule has 5 heteroatoms. The number of benzene rings is 2. The maximum absolute atomic E-state index is 11.8. The minimum atomic E-state index is -0.171. The molecular weight excluding hydrogens is 370 g/mol. The first-order valence-electron chi connectivity index (χ1n) is 7.96. The van der Waals surface area contributed by atoms with Crippen LogP contribution in [0, 0.1) is 6.92 Å². The second-order valence-corrected chi connectivity index (χ2v) is 6.23. The molecule has 0 radical (unpaired) electrons. The highest BCUT2D eigenvalue weighted by molar-refractivity contribution is 9.10. The van der Waals surface area contributed by atoms with Gasteiger partial charge in [0.05, 0.1) is 11.0 Å². The van der Waals surface area contributed by atoms with E-state index in [2.05, 4.69) is 28.2 Å². The zero-order valence-corrected chi connectivity index (χ0v) is 15.6. The van der Waals surface area contributed by atoms with Crippen LogP contribution >= 0.6 is 15.9 Å². The molecule has 0 unspecified atom stereocenters. The van der Waals surface area contributed by atoms with E-state index in [4.69, 9.17) is 9.47 Å². The van der Waals surface area contributed by atoms with E-state index in [1.807, 2.05) is 49.4 Å². The lowest BCUT2D eigenvalue weighted by Gasteiger charge is -2.11. The topological polar surface area (TPSA) is 47.6 Å². The number of para-hydroxylation sites is 1. The van der Waals surface area contributed by atoms with Gasteiger partial charge in [-0.2, -0.15) is 0 Å². The Labute approximate surface area is 151 Å². The quantitative estimate of drug-likeness (QED) is 0.694. The molecule has 2 aromatic carbocycles. The molecule has 0 heterocycles. The Balaban J connectivity index is 1.69. The van der Waals surface area contributed by atoms with Crippen LogP contribution in [0.15, 0.2) is 46.9 Å². The summed E-state index contributed by atoms with van der Waals surface area (Å²) in [5.41, 5.74) is 2.29. The Morgan fingerprint density at radius 1 is 1.12 bits per heavy atom. The van der Waals surface area contributed by atoms with E-state index < -0.39 is 0 Å². The number of hydrogen-bond donors (Lipinski definition) is 1. The van der Waals surface area contributed by atoms with Gasteiger partial charge in [0.2, 0.25) is 0 Å². The lowest BCUT2D eigenvalue weighted by molar-refractivity contribution is -0.123. The van der Waals surface area contributed by atoms with Crippen LogP contribution in [0.3, 0.4) is 0 Å². The highest BCUT2D eigenvalue weighted by Crippen LogP contribution is 2.26. The van der Waals surface area contributed by atoms with E-state index in [-0.39, 0.29) is 12.5 Å². The van der Waals surface area contributed by atoms with Gasteiger partial charge in [-0.05, 0) is 58.6 Å². The summed E-state index contributed by atoms with van der Waals surface area (Å²) in [4.78, 5) is 11.8. The summed E-state index contributed by atoms with van der Waals surface area (Å²) in [5.74, 6) is 1.33. The van der Waals surface area contributed by atoms with Gasteiger partial charge in [-0.15, -0.1) is 0 Å². The van der Waals surface area contributed by atoms with Crippen molar-refractivity contribution in [3.05, 3.63) is 58.1 Å². The van der Waals surface area contributed by atoms with Gasteiger partial charge in [0, 0.05) is 0 Å². The number of aryl methyl sites for hydroxylation is 2. The van der Waals surface area contributed by atoms with Crippen molar-refractivity contribution >= 4 is 21.8 Å². The minimum absolute atomic E-state index is 0.0194. The lowest BCUT2D eigenvalue weighted by Crippen LogP contribution is -2.32. The van der Waals surface area contributed by atoms with Crippen LogP contribution in [0.4, 0.5) is 0 Å². The fourth-order valence-corrected chi connectivity index (χ4v) is 2.69. The smallest absolute Gasteiger partial charge is 0.258 e. The molecule has 0 fully saturated rings. The van der Waals surface area contributed by atoms with Crippen molar-refractivity contribution in [3.63, 3.8) is 0 Å². The third kappa shape index (κ3) is 5.57. The first-order chi connectivity index (χ1) is 11.6. The molecule has 0 saturated heterocycles. The molecule has 128 valence electrons. The molecule has 2 aromatic rings. The predicted octanol–water partition coefficient (Wildman–Crippen LogP) is 3.89. The Bertz CT molecular complexity index is 688. The molecular formula is C19H22BrNO3.